The van der Waals surface area contributed by atoms with Gasteiger partial charge in [-0.25, -0.2) is 18.0 Å². The van der Waals surface area contributed by atoms with Crippen molar-refractivity contribution in [3.05, 3.63) is 110 Å². The van der Waals surface area contributed by atoms with Gasteiger partial charge in [0.25, 0.3) is 11.8 Å². The second-order valence-electron chi connectivity index (χ2n) is 10.6. The number of carbonyl (C=O) groups excluding carboxylic acids is 3. The van der Waals surface area contributed by atoms with E-state index in [0.29, 0.717) is 36.1 Å². The summed E-state index contributed by atoms with van der Waals surface area (Å²) in [6.07, 6.45) is 3.54. The minimum Gasteiger partial charge on any atom is -0.483 e. The Morgan fingerprint density at radius 3 is 2.48 bits per heavy atom. The maximum Gasteiger partial charge on any atom is 0.330 e. The lowest BCUT2D eigenvalue weighted by atomic mass is 9.99. The number of nitrogens with one attached hydrogen (secondary N) is 1. The minimum atomic E-state index is -1.20. The summed E-state index contributed by atoms with van der Waals surface area (Å²) in [7, 11) is 0. The summed E-state index contributed by atoms with van der Waals surface area (Å²) in [6.45, 7) is 3.09. The summed E-state index contributed by atoms with van der Waals surface area (Å²) < 4.78 is 54.4. The van der Waals surface area contributed by atoms with E-state index in [1.165, 1.54) is 16.8 Å². The molecule has 2 aliphatic rings. The number of esters is 1. The predicted molar refractivity (Wildman–Crippen MR) is 152 cm³/mol. The van der Waals surface area contributed by atoms with Crippen LogP contribution in [0.3, 0.4) is 0 Å². The summed E-state index contributed by atoms with van der Waals surface area (Å²) in [5, 5.41) is 2.32. The first kappa shape index (κ1) is 30.6. The Bertz CT molecular complexity index is 1680. The number of hydrogen-bond donors (Lipinski definition) is 1. The number of fused-ring (bicyclic) bond motifs is 4. The number of carbonyl (C=O) groups is 3. The SMILES string of the molecule is CCOC(=O)/C=C1\CC[C@H](C)N2C[C@H]1n1cc(C(=O)NCc3c(F)cc(F)cc3F)c(=O)c(OCc3ccccc3)c1C2=O. The second-order valence-corrected chi connectivity index (χ2v) is 10.6. The fourth-order valence-electron chi connectivity index (χ4n) is 5.46. The summed E-state index contributed by atoms with van der Waals surface area (Å²) in [5.74, 6) is -5.94. The molecular weight excluding hydrogens is 579 g/mol. The van der Waals surface area contributed by atoms with Crippen LogP contribution in [0.25, 0.3) is 0 Å². The molecule has 1 fully saturated rings. The van der Waals surface area contributed by atoms with Crippen LogP contribution >= 0.6 is 0 Å². The van der Waals surface area contributed by atoms with Gasteiger partial charge in [-0.3, -0.25) is 14.4 Å². The summed E-state index contributed by atoms with van der Waals surface area (Å²) in [6, 6.07) is 8.97. The highest BCUT2D eigenvalue weighted by molar-refractivity contribution is 5.99. The van der Waals surface area contributed by atoms with E-state index in [4.69, 9.17) is 9.47 Å². The molecule has 0 unspecified atom stereocenters. The number of pyridine rings is 1. The monoisotopic (exact) mass is 609 g/mol. The lowest BCUT2D eigenvalue weighted by Crippen LogP contribution is -2.48. The average molecular weight is 610 g/mol. The first-order valence-electron chi connectivity index (χ1n) is 14.1. The van der Waals surface area contributed by atoms with Gasteiger partial charge in [-0.1, -0.05) is 30.3 Å². The molecule has 0 saturated carbocycles. The van der Waals surface area contributed by atoms with Gasteiger partial charge in [0.05, 0.1) is 12.6 Å². The second kappa shape index (κ2) is 12.8. The molecule has 2 atom stereocenters. The van der Waals surface area contributed by atoms with Crippen molar-refractivity contribution in [3.8, 4) is 5.75 Å². The molecule has 44 heavy (non-hydrogen) atoms. The number of hydrogen-bond acceptors (Lipinski definition) is 6. The van der Waals surface area contributed by atoms with Gasteiger partial charge in [-0.2, -0.15) is 0 Å². The predicted octanol–water partition coefficient (Wildman–Crippen LogP) is 4.44. The van der Waals surface area contributed by atoms with Gasteiger partial charge in [-0.05, 0) is 37.8 Å². The topological polar surface area (TPSA) is 107 Å². The van der Waals surface area contributed by atoms with Crippen LogP contribution in [0.1, 0.15) is 64.7 Å². The zero-order valence-electron chi connectivity index (χ0n) is 24.1. The van der Waals surface area contributed by atoms with Gasteiger partial charge in [-0.15, -0.1) is 0 Å². The standard InChI is InChI=1S/C32H30F3N3O6/c1-3-43-27(39)11-20-10-9-18(2)37-16-26(20)38-15-23(31(41)36-14-22-24(34)12-21(33)13-25(22)35)29(40)30(28(38)32(37)42)44-17-19-7-5-4-6-8-19/h4-8,11-13,15,18,26H,3,9-10,14,16-17H2,1-2H3,(H,36,41)/b20-11+/t18-,26+/m0/s1. The molecule has 0 spiro atoms. The van der Waals surface area contributed by atoms with Crippen molar-refractivity contribution in [2.75, 3.05) is 13.2 Å². The summed E-state index contributed by atoms with van der Waals surface area (Å²) >= 11 is 0. The van der Waals surface area contributed by atoms with E-state index >= 15 is 0 Å². The zero-order valence-corrected chi connectivity index (χ0v) is 24.1. The Morgan fingerprint density at radius 1 is 1.09 bits per heavy atom. The Labute approximate surface area is 250 Å². The highest BCUT2D eigenvalue weighted by Gasteiger charge is 2.41. The van der Waals surface area contributed by atoms with E-state index in [9.17, 15) is 32.3 Å². The third-order valence-electron chi connectivity index (χ3n) is 7.76. The van der Waals surface area contributed by atoms with Crippen molar-refractivity contribution in [3.63, 3.8) is 0 Å². The van der Waals surface area contributed by atoms with Crippen molar-refractivity contribution >= 4 is 17.8 Å². The number of benzene rings is 2. The summed E-state index contributed by atoms with van der Waals surface area (Å²) in [5.41, 5.74) is -0.708. The van der Waals surface area contributed by atoms with E-state index in [1.54, 1.807) is 42.2 Å². The Balaban J connectivity index is 1.61. The van der Waals surface area contributed by atoms with Crippen molar-refractivity contribution in [2.45, 2.75) is 51.9 Å². The van der Waals surface area contributed by atoms with E-state index in [2.05, 4.69) is 5.32 Å². The fourth-order valence-corrected chi connectivity index (χ4v) is 5.46. The van der Waals surface area contributed by atoms with Crippen LogP contribution in [-0.4, -0.2) is 46.4 Å². The third-order valence-corrected chi connectivity index (χ3v) is 7.76. The Kier molecular flexibility index (Phi) is 8.88. The van der Waals surface area contributed by atoms with Crippen molar-refractivity contribution in [1.29, 1.82) is 0 Å². The van der Waals surface area contributed by atoms with E-state index in [1.807, 2.05) is 6.92 Å². The van der Waals surface area contributed by atoms with Crippen LogP contribution in [-0.2, 0) is 22.7 Å². The van der Waals surface area contributed by atoms with E-state index < -0.39 is 64.4 Å². The van der Waals surface area contributed by atoms with Gasteiger partial charge in [0.1, 0.15) is 29.6 Å². The lowest BCUT2D eigenvalue weighted by molar-refractivity contribution is -0.137. The molecule has 230 valence electrons. The molecule has 12 heteroatoms. The maximum atomic E-state index is 14.2. The molecule has 3 heterocycles. The quantitative estimate of drug-likeness (QED) is 0.299. The van der Waals surface area contributed by atoms with Gasteiger partial charge in [0.15, 0.2) is 11.4 Å². The number of halogens is 3. The number of ether oxygens (including phenoxy) is 2. The van der Waals surface area contributed by atoms with Crippen molar-refractivity contribution < 1.29 is 37.0 Å². The molecule has 0 radical (unpaired) electrons. The fraction of sp³-hybridized carbons (Fsp3) is 0.312. The van der Waals surface area contributed by atoms with Crippen molar-refractivity contribution in [2.24, 2.45) is 0 Å². The molecule has 1 saturated heterocycles. The molecule has 1 N–H and O–H groups in total. The van der Waals surface area contributed by atoms with Crippen LogP contribution in [0.15, 0.2) is 65.1 Å². The zero-order chi connectivity index (χ0) is 31.5. The molecular formula is C32H30F3N3O6. The van der Waals surface area contributed by atoms with Crippen LogP contribution in [0.2, 0.25) is 0 Å². The molecule has 2 bridgehead atoms. The highest BCUT2D eigenvalue weighted by atomic mass is 19.1. The number of nitrogens with zero attached hydrogens (tertiary/aromatic N) is 2. The van der Waals surface area contributed by atoms with Gasteiger partial charge < -0.3 is 24.3 Å². The Hall–Kier alpha value is -4.87. The van der Waals surface area contributed by atoms with Crippen LogP contribution < -0.4 is 15.5 Å². The van der Waals surface area contributed by atoms with E-state index in [-0.39, 0.29) is 37.2 Å². The molecule has 9 nitrogen and oxygen atoms in total. The van der Waals surface area contributed by atoms with Crippen LogP contribution in [0.5, 0.6) is 5.75 Å². The molecule has 1 aromatic heterocycles. The van der Waals surface area contributed by atoms with Crippen LogP contribution in [0, 0.1) is 17.5 Å². The first-order chi connectivity index (χ1) is 21.1. The number of rotatable bonds is 8. The molecule has 5 rings (SSSR count). The molecule has 2 aromatic carbocycles. The van der Waals surface area contributed by atoms with Crippen LogP contribution in [0.4, 0.5) is 13.2 Å². The van der Waals surface area contributed by atoms with E-state index in [0.717, 1.165) is 0 Å². The minimum absolute atomic E-state index is 0.0853. The van der Waals surface area contributed by atoms with Gasteiger partial charge in [0.2, 0.25) is 5.43 Å². The molecule has 2 amide bonds. The van der Waals surface area contributed by atoms with Gasteiger partial charge >= 0.3 is 5.97 Å². The number of amides is 2. The Morgan fingerprint density at radius 2 is 1.80 bits per heavy atom. The molecule has 3 aromatic rings. The third kappa shape index (κ3) is 6.10. The largest absolute Gasteiger partial charge is 0.483 e. The normalized spacial score (nSPS) is 18.4. The average Bonchev–Trinajstić information content (AvgIpc) is 3.12. The molecule has 0 aliphatic carbocycles. The molecule has 2 aliphatic heterocycles. The van der Waals surface area contributed by atoms with Gasteiger partial charge in [0, 0.05) is 49.1 Å². The highest BCUT2D eigenvalue weighted by Crippen LogP contribution is 2.37. The smallest absolute Gasteiger partial charge is 0.330 e. The summed E-state index contributed by atoms with van der Waals surface area (Å²) in [4.78, 5) is 55.1. The maximum absolute atomic E-state index is 14.2. The first-order valence-corrected chi connectivity index (χ1v) is 14.1. The van der Waals surface area contributed by atoms with Crippen molar-refractivity contribution in [1.82, 2.24) is 14.8 Å². The number of aromatic nitrogens is 1. The lowest BCUT2D eigenvalue weighted by Gasteiger charge is -2.38.